The highest BCUT2D eigenvalue weighted by Crippen LogP contribution is 2.28. The Bertz CT molecular complexity index is 1310. The summed E-state index contributed by atoms with van der Waals surface area (Å²) in [6.45, 7) is 7.00. The van der Waals surface area contributed by atoms with E-state index in [0.29, 0.717) is 11.3 Å². The van der Waals surface area contributed by atoms with Crippen molar-refractivity contribution < 1.29 is 9.63 Å². The van der Waals surface area contributed by atoms with Crippen molar-refractivity contribution in [2.24, 2.45) is 7.05 Å². The SMILES string of the molecule is Cc1cc2c(cn1)cc(-c1cc(Nc3noc(C(C)(C)O)n3)ccc1C)c(=O)n2C. The molecule has 2 N–H and O–H groups in total. The van der Waals surface area contributed by atoms with E-state index >= 15 is 0 Å². The lowest BCUT2D eigenvalue weighted by Crippen LogP contribution is -2.19. The number of rotatable bonds is 4. The van der Waals surface area contributed by atoms with Gasteiger partial charge in [-0.2, -0.15) is 4.98 Å². The van der Waals surface area contributed by atoms with Crippen LogP contribution in [0.15, 0.2) is 45.8 Å². The Morgan fingerprint density at radius 3 is 2.60 bits per heavy atom. The molecule has 4 aromatic rings. The van der Waals surface area contributed by atoms with Gasteiger partial charge >= 0.3 is 0 Å². The van der Waals surface area contributed by atoms with Gasteiger partial charge in [0, 0.05) is 35.6 Å². The molecule has 0 spiro atoms. The van der Waals surface area contributed by atoms with Crippen molar-refractivity contribution in [3.63, 3.8) is 0 Å². The maximum atomic E-state index is 13.1. The first-order chi connectivity index (χ1) is 14.1. The Kier molecular flexibility index (Phi) is 4.66. The van der Waals surface area contributed by atoms with E-state index < -0.39 is 5.60 Å². The number of pyridine rings is 2. The van der Waals surface area contributed by atoms with Crippen molar-refractivity contribution in [3.8, 4) is 11.1 Å². The summed E-state index contributed by atoms with van der Waals surface area (Å²) in [4.78, 5) is 21.6. The molecule has 0 bridgehead atoms. The van der Waals surface area contributed by atoms with Gasteiger partial charge in [-0.3, -0.25) is 9.78 Å². The average molecular weight is 405 g/mol. The smallest absolute Gasteiger partial charge is 0.267 e. The second kappa shape index (κ2) is 7.07. The highest BCUT2D eigenvalue weighted by atomic mass is 16.5. The Labute approximate surface area is 173 Å². The molecule has 0 unspecified atom stereocenters. The van der Waals surface area contributed by atoms with Crippen molar-refractivity contribution in [3.05, 3.63) is 64.0 Å². The van der Waals surface area contributed by atoms with Crippen molar-refractivity contribution in [1.82, 2.24) is 19.7 Å². The van der Waals surface area contributed by atoms with Crippen molar-refractivity contribution >= 4 is 22.5 Å². The van der Waals surface area contributed by atoms with E-state index in [9.17, 15) is 9.90 Å². The van der Waals surface area contributed by atoms with Crippen molar-refractivity contribution in [2.45, 2.75) is 33.3 Å². The van der Waals surface area contributed by atoms with Crippen LogP contribution in [0.1, 0.15) is 31.0 Å². The van der Waals surface area contributed by atoms with Crippen LogP contribution in [0.4, 0.5) is 11.6 Å². The van der Waals surface area contributed by atoms with Crippen LogP contribution < -0.4 is 10.9 Å². The zero-order chi connectivity index (χ0) is 21.6. The topological polar surface area (TPSA) is 106 Å². The van der Waals surface area contributed by atoms with Crippen molar-refractivity contribution in [1.29, 1.82) is 0 Å². The Morgan fingerprint density at radius 1 is 1.13 bits per heavy atom. The fraction of sp³-hybridized carbons (Fsp3) is 0.273. The summed E-state index contributed by atoms with van der Waals surface area (Å²) in [5.41, 5.74) is 3.43. The normalized spacial score (nSPS) is 11.8. The minimum absolute atomic E-state index is 0.0859. The quantitative estimate of drug-likeness (QED) is 0.534. The zero-order valence-corrected chi connectivity index (χ0v) is 17.5. The molecule has 0 radical (unpaired) electrons. The number of benzene rings is 1. The molecule has 4 rings (SSSR count). The van der Waals surface area contributed by atoms with Gasteiger partial charge in [-0.15, -0.1) is 0 Å². The molecule has 3 heterocycles. The maximum absolute atomic E-state index is 13.1. The van der Waals surface area contributed by atoms with Crippen molar-refractivity contribution in [2.75, 3.05) is 5.32 Å². The summed E-state index contributed by atoms with van der Waals surface area (Å²) in [5, 5.41) is 17.8. The van der Waals surface area contributed by atoms with E-state index in [4.69, 9.17) is 4.52 Å². The summed E-state index contributed by atoms with van der Waals surface area (Å²) in [7, 11) is 1.77. The summed E-state index contributed by atoms with van der Waals surface area (Å²) >= 11 is 0. The van der Waals surface area contributed by atoms with E-state index in [1.165, 1.54) is 0 Å². The first-order valence-electron chi connectivity index (χ1n) is 9.54. The van der Waals surface area contributed by atoms with Gasteiger partial charge in [0.05, 0.1) is 5.52 Å². The van der Waals surface area contributed by atoms with Gasteiger partial charge in [-0.05, 0) is 68.2 Å². The van der Waals surface area contributed by atoms with Gasteiger partial charge in [0.1, 0.15) is 5.60 Å². The number of aryl methyl sites for hydroxylation is 3. The average Bonchev–Trinajstić information content (AvgIpc) is 3.16. The molecule has 8 nitrogen and oxygen atoms in total. The Hall–Kier alpha value is -3.52. The number of nitrogens with zero attached hydrogens (tertiary/aromatic N) is 4. The number of hydrogen-bond acceptors (Lipinski definition) is 7. The largest absolute Gasteiger partial charge is 0.381 e. The van der Waals surface area contributed by atoms with E-state index in [1.807, 2.05) is 44.2 Å². The molecule has 0 aliphatic carbocycles. The van der Waals surface area contributed by atoms with Gasteiger partial charge in [0.15, 0.2) is 0 Å². The first kappa shape index (κ1) is 19.8. The van der Waals surface area contributed by atoms with E-state index in [1.54, 1.807) is 31.7 Å². The third kappa shape index (κ3) is 3.57. The fourth-order valence-corrected chi connectivity index (χ4v) is 3.30. The monoisotopic (exact) mass is 405 g/mol. The highest BCUT2D eigenvalue weighted by molar-refractivity contribution is 5.85. The minimum Gasteiger partial charge on any atom is -0.381 e. The van der Waals surface area contributed by atoms with Crippen LogP contribution in [-0.4, -0.2) is 24.8 Å². The van der Waals surface area contributed by atoms with Gasteiger partial charge in [0.25, 0.3) is 17.4 Å². The predicted octanol–water partition coefficient (Wildman–Crippen LogP) is 3.57. The lowest BCUT2D eigenvalue weighted by atomic mass is 9.99. The van der Waals surface area contributed by atoms with E-state index in [2.05, 4.69) is 20.4 Å². The second-order valence-electron chi connectivity index (χ2n) is 7.94. The highest BCUT2D eigenvalue weighted by Gasteiger charge is 2.24. The van der Waals surface area contributed by atoms with E-state index in [-0.39, 0.29) is 17.4 Å². The van der Waals surface area contributed by atoms with Crippen LogP contribution in [-0.2, 0) is 12.6 Å². The molecular weight excluding hydrogens is 382 g/mol. The van der Waals surface area contributed by atoms with Gasteiger partial charge in [-0.1, -0.05) is 6.07 Å². The van der Waals surface area contributed by atoms with Gasteiger partial charge in [0.2, 0.25) is 0 Å². The first-order valence-corrected chi connectivity index (χ1v) is 9.54. The molecule has 0 fully saturated rings. The number of anilines is 2. The lowest BCUT2D eigenvalue weighted by Gasteiger charge is -2.13. The standard InChI is InChI=1S/C22H23N5O3/c1-12-6-7-15(24-21-25-20(30-26-21)22(3,4)29)10-16(12)17-9-14-11-23-13(2)8-18(14)27(5)19(17)28/h6-11,29H,1-5H3,(H,24,26). The van der Waals surface area contributed by atoms with Crippen LogP contribution in [0, 0.1) is 13.8 Å². The number of fused-ring (bicyclic) bond motifs is 1. The molecule has 3 aromatic heterocycles. The lowest BCUT2D eigenvalue weighted by molar-refractivity contribution is 0.0420. The molecule has 0 aliphatic rings. The van der Waals surface area contributed by atoms with Crippen LogP contribution in [0.25, 0.3) is 22.0 Å². The molecule has 0 saturated heterocycles. The molecule has 8 heteroatoms. The summed E-state index contributed by atoms with van der Waals surface area (Å²) in [6, 6.07) is 9.44. The number of aliphatic hydroxyl groups is 1. The molecule has 0 atom stereocenters. The molecule has 0 amide bonds. The van der Waals surface area contributed by atoms with Crippen LogP contribution in [0.3, 0.4) is 0 Å². The second-order valence-corrected chi connectivity index (χ2v) is 7.94. The maximum Gasteiger partial charge on any atom is 0.267 e. The summed E-state index contributed by atoms with van der Waals surface area (Å²) in [5.74, 6) is 0.344. The molecule has 0 saturated carbocycles. The number of aromatic nitrogens is 4. The zero-order valence-electron chi connectivity index (χ0n) is 17.5. The van der Waals surface area contributed by atoms with Crippen LogP contribution >= 0.6 is 0 Å². The molecule has 30 heavy (non-hydrogen) atoms. The Morgan fingerprint density at radius 2 is 1.90 bits per heavy atom. The predicted molar refractivity (Wildman–Crippen MR) is 115 cm³/mol. The molecule has 154 valence electrons. The number of hydrogen-bond donors (Lipinski definition) is 2. The van der Waals surface area contributed by atoms with Gasteiger partial charge < -0.3 is 19.5 Å². The molecular formula is C22H23N5O3. The van der Waals surface area contributed by atoms with E-state index in [0.717, 1.165) is 27.7 Å². The fourth-order valence-electron chi connectivity index (χ4n) is 3.30. The third-order valence-electron chi connectivity index (χ3n) is 4.98. The van der Waals surface area contributed by atoms with Crippen LogP contribution in [0.5, 0.6) is 0 Å². The van der Waals surface area contributed by atoms with Gasteiger partial charge in [-0.25, -0.2) is 0 Å². The number of nitrogens with one attached hydrogen (secondary N) is 1. The Balaban J connectivity index is 1.77. The molecule has 0 aliphatic heterocycles. The summed E-state index contributed by atoms with van der Waals surface area (Å²) in [6.07, 6.45) is 1.78. The summed E-state index contributed by atoms with van der Waals surface area (Å²) < 4.78 is 6.75. The minimum atomic E-state index is -1.23. The molecule has 1 aromatic carbocycles. The third-order valence-corrected chi connectivity index (χ3v) is 4.98. The van der Waals surface area contributed by atoms with Crippen LogP contribution in [0.2, 0.25) is 0 Å².